The predicted molar refractivity (Wildman–Crippen MR) is 92.1 cm³/mol. The van der Waals surface area contributed by atoms with Gasteiger partial charge in [-0.15, -0.1) is 0 Å². The molecule has 1 heterocycles. The maximum Gasteiger partial charge on any atom is 0.410 e. The van der Waals surface area contributed by atoms with E-state index in [9.17, 15) is 18.0 Å². The van der Waals surface area contributed by atoms with Gasteiger partial charge in [-0.2, -0.15) is 0 Å². The van der Waals surface area contributed by atoms with Crippen molar-refractivity contribution in [3.05, 3.63) is 58.9 Å². The first-order valence-corrected chi connectivity index (χ1v) is 8.39. The average molecular weight is 363 g/mol. The minimum Gasteiger partial charge on any atom is -0.444 e. The second-order valence-corrected chi connectivity index (χ2v) is 7.33. The van der Waals surface area contributed by atoms with E-state index in [2.05, 4.69) is 0 Å². The standard InChI is InChI=1S/C20H20F3NO2/c1-20(2,3)26-19(25)24-9-8-15-16(11-24)13(6-7-17(15)22)14-5-4-12(21)10-18(14)23/h4-7,10H,8-9,11H2,1-3H3. The van der Waals surface area contributed by atoms with Gasteiger partial charge >= 0.3 is 6.09 Å². The minimum atomic E-state index is -0.729. The molecule has 1 aliphatic rings. The monoisotopic (exact) mass is 363 g/mol. The normalized spacial score (nSPS) is 14.2. The Morgan fingerprint density at radius 3 is 2.35 bits per heavy atom. The quantitative estimate of drug-likeness (QED) is 0.708. The van der Waals surface area contributed by atoms with Gasteiger partial charge in [-0.3, -0.25) is 0 Å². The fraction of sp³-hybridized carbons (Fsp3) is 0.350. The number of fused-ring (bicyclic) bond motifs is 1. The zero-order valence-corrected chi connectivity index (χ0v) is 14.9. The molecule has 1 aliphatic heterocycles. The molecule has 0 atom stereocenters. The van der Waals surface area contributed by atoms with Crippen molar-refractivity contribution in [1.29, 1.82) is 0 Å². The highest BCUT2D eigenvalue weighted by Gasteiger charge is 2.29. The molecule has 0 saturated heterocycles. The van der Waals surface area contributed by atoms with E-state index in [1.165, 1.54) is 23.1 Å². The number of benzene rings is 2. The van der Waals surface area contributed by atoms with Gasteiger partial charge in [0.2, 0.25) is 0 Å². The zero-order valence-electron chi connectivity index (χ0n) is 14.9. The molecule has 0 radical (unpaired) electrons. The summed E-state index contributed by atoms with van der Waals surface area (Å²) in [6.07, 6.45) is -0.199. The van der Waals surface area contributed by atoms with Crippen molar-refractivity contribution in [1.82, 2.24) is 4.90 Å². The first-order chi connectivity index (χ1) is 12.2. The molecule has 0 aromatic heterocycles. The third-order valence-corrected chi connectivity index (χ3v) is 4.23. The van der Waals surface area contributed by atoms with Crippen LogP contribution < -0.4 is 0 Å². The molecule has 2 aromatic carbocycles. The van der Waals surface area contributed by atoms with Crippen LogP contribution in [0.25, 0.3) is 11.1 Å². The maximum absolute atomic E-state index is 14.2. The first kappa shape index (κ1) is 18.3. The molecular formula is C20H20F3NO2. The third kappa shape index (κ3) is 3.69. The molecule has 0 saturated carbocycles. The number of nitrogens with zero attached hydrogens (tertiary/aromatic N) is 1. The van der Waals surface area contributed by atoms with Crippen molar-refractivity contribution in [3.63, 3.8) is 0 Å². The molecule has 0 fully saturated rings. The fourth-order valence-electron chi connectivity index (χ4n) is 3.07. The summed E-state index contributed by atoms with van der Waals surface area (Å²) in [5.41, 5.74) is 0.949. The summed E-state index contributed by atoms with van der Waals surface area (Å²) < 4.78 is 47.1. The van der Waals surface area contributed by atoms with E-state index < -0.39 is 29.1 Å². The van der Waals surface area contributed by atoms with E-state index >= 15 is 0 Å². The fourth-order valence-corrected chi connectivity index (χ4v) is 3.07. The van der Waals surface area contributed by atoms with E-state index in [1.807, 2.05) is 0 Å². The highest BCUT2D eigenvalue weighted by molar-refractivity contribution is 5.73. The summed E-state index contributed by atoms with van der Waals surface area (Å²) in [4.78, 5) is 13.8. The van der Waals surface area contributed by atoms with Gasteiger partial charge in [-0.05, 0) is 62.1 Å². The van der Waals surface area contributed by atoms with Crippen LogP contribution >= 0.6 is 0 Å². The lowest BCUT2D eigenvalue weighted by molar-refractivity contribution is 0.0223. The number of rotatable bonds is 1. The third-order valence-electron chi connectivity index (χ3n) is 4.23. The Kier molecular flexibility index (Phi) is 4.69. The van der Waals surface area contributed by atoms with E-state index in [0.29, 0.717) is 29.7 Å². The molecule has 2 aromatic rings. The van der Waals surface area contributed by atoms with Crippen molar-refractivity contribution in [2.24, 2.45) is 0 Å². The second-order valence-electron chi connectivity index (χ2n) is 7.33. The topological polar surface area (TPSA) is 29.5 Å². The van der Waals surface area contributed by atoms with Crippen molar-refractivity contribution >= 4 is 6.09 Å². The van der Waals surface area contributed by atoms with Crippen molar-refractivity contribution in [2.75, 3.05) is 6.54 Å². The minimum absolute atomic E-state index is 0.105. The summed E-state index contributed by atoms with van der Waals surface area (Å²) in [6.45, 7) is 5.72. The average Bonchev–Trinajstić information content (AvgIpc) is 2.54. The number of hydrogen-bond donors (Lipinski definition) is 0. The van der Waals surface area contributed by atoms with Gasteiger partial charge in [0.05, 0.1) is 0 Å². The van der Waals surface area contributed by atoms with Gasteiger partial charge in [0, 0.05) is 24.7 Å². The van der Waals surface area contributed by atoms with E-state index in [0.717, 1.165) is 12.1 Å². The van der Waals surface area contributed by atoms with Crippen LogP contribution in [0.4, 0.5) is 18.0 Å². The largest absolute Gasteiger partial charge is 0.444 e. The number of amides is 1. The number of halogens is 3. The van der Waals surface area contributed by atoms with Crippen LogP contribution in [0.5, 0.6) is 0 Å². The van der Waals surface area contributed by atoms with Crippen LogP contribution in [0.3, 0.4) is 0 Å². The molecule has 6 heteroatoms. The Morgan fingerprint density at radius 1 is 1.00 bits per heavy atom. The summed E-state index contributed by atoms with van der Waals surface area (Å²) >= 11 is 0. The summed E-state index contributed by atoms with van der Waals surface area (Å²) in [5.74, 6) is -1.80. The van der Waals surface area contributed by atoms with Crippen LogP contribution in [-0.2, 0) is 17.7 Å². The SMILES string of the molecule is CC(C)(C)OC(=O)N1CCc2c(F)ccc(-c3ccc(F)cc3F)c2C1. The van der Waals surface area contributed by atoms with Crippen molar-refractivity contribution in [2.45, 2.75) is 39.3 Å². The molecule has 3 nitrogen and oxygen atoms in total. The van der Waals surface area contributed by atoms with E-state index in [4.69, 9.17) is 4.74 Å². The molecule has 3 rings (SSSR count). The summed E-state index contributed by atoms with van der Waals surface area (Å²) in [5, 5.41) is 0. The Hall–Kier alpha value is -2.50. The smallest absolute Gasteiger partial charge is 0.410 e. The highest BCUT2D eigenvalue weighted by Crippen LogP contribution is 2.34. The van der Waals surface area contributed by atoms with Gasteiger partial charge in [-0.25, -0.2) is 18.0 Å². The van der Waals surface area contributed by atoms with Crippen molar-refractivity contribution in [3.8, 4) is 11.1 Å². The molecule has 0 N–H and O–H groups in total. The molecular weight excluding hydrogens is 343 g/mol. The van der Waals surface area contributed by atoms with Crippen LogP contribution in [0.1, 0.15) is 31.9 Å². The van der Waals surface area contributed by atoms with Gasteiger partial charge in [0.25, 0.3) is 0 Å². The lowest BCUT2D eigenvalue weighted by Gasteiger charge is -2.32. The Morgan fingerprint density at radius 2 is 1.69 bits per heavy atom. The molecule has 138 valence electrons. The van der Waals surface area contributed by atoms with Crippen molar-refractivity contribution < 1.29 is 22.7 Å². The Labute approximate surface area is 150 Å². The number of carbonyl (C=O) groups excluding carboxylic acids is 1. The van der Waals surface area contributed by atoms with Gasteiger partial charge in [0.15, 0.2) is 0 Å². The lowest BCUT2D eigenvalue weighted by Crippen LogP contribution is -2.40. The van der Waals surface area contributed by atoms with Crippen LogP contribution in [0.15, 0.2) is 30.3 Å². The zero-order chi connectivity index (χ0) is 19.1. The van der Waals surface area contributed by atoms with E-state index in [1.54, 1.807) is 20.8 Å². The van der Waals surface area contributed by atoms with Gasteiger partial charge in [0.1, 0.15) is 23.1 Å². The molecule has 0 bridgehead atoms. The van der Waals surface area contributed by atoms with Crippen LogP contribution in [0, 0.1) is 17.5 Å². The highest BCUT2D eigenvalue weighted by atomic mass is 19.1. The molecule has 1 amide bonds. The molecule has 0 spiro atoms. The van der Waals surface area contributed by atoms with Gasteiger partial charge in [-0.1, -0.05) is 6.07 Å². The maximum atomic E-state index is 14.2. The van der Waals surface area contributed by atoms with Crippen LogP contribution in [-0.4, -0.2) is 23.1 Å². The number of carbonyl (C=O) groups is 1. The lowest BCUT2D eigenvalue weighted by atomic mass is 9.90. The van der Waals surface area contributed by atoms with E-state index in [-0.39, 0.29) is 12.1 Å². The number of ether oxygens (including phenoxy) is 1. The summed E-state index contributed by atoms with van der Waals surface area (Å²) in [6, 6.07) is 6.01. The Balaban J connectivity index is 2.00. The molecule has 0 unspecified atom stereocenters. The number of hydrogen-bond acceptors (Lipinski definition) is 2. The first-order valence-electron chi connectivity index (χ1n) is 8.39. The van der Waals surface area contributed by atoms with Gasteiger partial charge < -0.3 is 9.64 Å². The Bertz CT molecular complexity index is 859. The van der Waals surface area contributed by atoms with Crippen LogP contribution in [0.2, 0.25) is 0 Å². The predicted octanol–water partition coefficient (Wildman–Crippen LogP) is 5.06. The summed E-state index contributed by atoms with van der Waals surface area (Å²) in [7, 11) is 0. The molecule has 26 heavy (non-hydrogen) atoms. The second kappa shape index (κ2) is 6.67. The molecule has 0 aliphatic carbocycles.